The van der Waals surface area contributed by atoms with Gasteiger partial charge in [0.05, 0.1) is 23.6 Å². The van der Waals surface area contributed by atoms with E-state index < -0.39 is 27.3 Å². The minimum absolute atomic E-state index is 0.136. The van der Waals surface area contributed by atoms with Crippen molar-refractivity contribution < 1.29 is 23.1 Å². The van der Waals surface area contributed by atoms with Gasteiger partial charge in [0, 0.05) is 29.1 Å². The number of ether oxygens (including phenoxy) is 1. The number of amides is 1. The molecule has 1 amide bonds. The van der Waals surface area contributed by atoms with E-state index in [9.17, 15) is 18.3 Å². The number of allylic oxidation sites excluding steroid dienone is 1. The summed E-state index contributed by atoms with van der Waals surface area (Å²) in [6, 6.07) is 11.4. The second-order valence-electron chi connectivity index (χ2n) is 12.3. The standard InChI is InChI=1S/C32H39ClN2O5S/c1-2-25-7-3-4-8-29(36)26-12-9-23(26)18-35-19-32(15-5-6-21-16-24(33)11-13-27(21)32)20-40-30-14-10-22(17-28(30)35)31(37)34-41(25,38)39/h4,8,10-11,13-14,16-17,23,25-26,29,36H,2-3,5-7,9,12,15,18-20H2,1H3,(H,34,37)/b8-4+/t23-,25-,26+,29-,32-/m0/s1. The summed E-state index contributed by atoms with van der Waals surface area (Å²) < 4.78 is 35.1. The van der Waals surface area contributed by atoms with Gasteiger partial charge in [-0.1, -0.05) is 36.7 Å². The summed E-state index contributed by atoms with van der Waals surface area (Å²) in [7, 11) is -3.87. The number of carbonyl (C=O) groups excluding carboxylic acids is 1. The molecule has 2 aromatic rings. The molecule has 4 aliphatic rings. The third kappa shape index (κ3) is 5.51. The predicted octanol–water partition coefficient (Wildman–Crippen LogP) is 5.39. The molecule has 5 atom stereocenters. The fourth-order valence-electron chi connectivity index (χ4n) is 7.32. The quantitative estimate of drug-likeness (QED) is 0.428. The van der Waals surface area contributed by atoms with E-state index in [1.54, 1.807) is 18.2 Å². The van der Waals surface area contributed by atoms with Crippen LogP contribution in [0.1, 0.15) is 73.4 Å². The van der Waals surface area contributed by atoms with Crippen LogP contribution in [0.5, 0.6) is 5.75 Å². The molecular formula is C32H39ClN2O5S. The maximum absolute atomic E-state index is 13.3. The van der Waals surface area contributed by atoms with Crippen molar-refractivity contribution in [2.45, 2.75) is 75.1 Å². The first-order valence-electron chi connectivity index (χ1n) is 14.9. The van der Waals surface area contributed by atoms with Crippen LogP contribution in [0.25, 0.3) is 0 Å². The van der Waals surface area contributed by atoms with Crippen LogP contribution in [0.4, 0.5) is 5.69 Å². The Morgan fingerprint density at radius 1 is 1.17 bits per heavy atom. The summed E-state index contributed by atoms with van der Waals surface area (Å²) in [5.41, 5.74) is 3.35. The summed E-state index contributed by atoms with van der Waals surface area (Å²) in [5, 5.41) is 11.1. The van der Waals surface area contributed by atoms with Crippen molar-refractivity contribution in [2.75, 3.05) is 24.6 Å². The number of carbonyl (C=O) groups is 1. The zero-order valence-electron chi connectivity index (χ0n) is 23.5. The van der Waals surface area contributed by atoms with E-state index in [0.29, 0.717) is 49.6 Å². The van der Waals surface area contributed by atoms with E-state index in [1.165, 1.54) is 11.1 Å². The van der Waals surface area contributed by atoms with Gasteiger partial charge < -0.3 is 14.7 Å². The lowest BCUT2D eigenvalue weighted by Gasteiger charge is -2.45. The van der Waals surface area contributed by atoms with Crippen molar-refractivity contribution in [1.82, 2.24) is 4.72 Å². The Morgan fingerprint density at radius 2 is 2.02 bits per heavy atom. The number of rotatable bonds is 1. The van der Waals surface area contributed by atoms with Crippen LogP contribution in [0.15, 0.2) is 48.6 Å². The Morgan fingerprint density at radius 3 is 2.80 bits per heavy atom. The summed E-state index contributed by atoms with van der Waals surface area (Å²) in [6.07, 6.45) is 9.41. The largest absolute Gasteiger partial charge is 0.490 e. The molecule has 220 valence electrons. The van der Waals surface area contributed by atoms with E-state index in [4.69, 9.17) is 16.3 Å². The summed E-state index contributed by atoms with van der Waals surface area (Å²) >= 11 is 6.38. The number of aryl methyl sites for hydroxylation is 1. The highest BCUT2D eigenvalue weighted by atomic mass is 35.5. The van der Waals surface area contributed by atoms with Crippen molar-refractivity contribution in [3.05, 3.63) is 70.3 Å². The maximum atomic E-state index is 13.3. The molecule has 2 bridgehead atoms. The van der Waals surface area contributed by atoms with Crippen molar-refractivity contribution in [2.24, 2.45) is 11.8 Å². The molecule has 1 spiro atoms. The fraction of sp³-hybridized carbons (Fsp3) is 0.531. The molecule has 1 fully saturated rings. The molecule has 6 rings (SSSR count). The summed E-state index contributed by atoms with van der Waals surface area (Å²) in [6.45, 7) is 3.74. The molecule has 41 heavy (non-hydrogen) atoms. The SMILES string of the molecule is CC[C@H]1CC/C=C/[C@H](O)[C@@H]2CC[C@H]2CN2C[C@@]3(CCCc4cc(Cl)ccc43)COc3ccc(cc32)C(=O)NS1(=O)=O. The third-order valence-electron chi connectivity index (χ3n) is 9.79. The number of hydrogen-bond acceptors (Lipinski definition) is 6. The van der Waals surface area contributed by atoms with Gasteiger partial charge in [-0.05, 0) is 105 Å². The van der Waals surface area contributed by atoms with Crippen LogP contribution in [0.2, 0.25) is 5.02 Å². The highest BCUT2D eigenvalue weighted by Crippen LogP contribution is 2.46. The molecule has 7 nitrogen and oxygen atoms in total. The normalized spacial score (nSPS) is 32.0. The third-order valence-corrected chi connectivity index (χ3v) is 11.9. The Kier molecular flexibility index (Phi) is 7.85. The molecular weight excluding hydrogens is 560 g/mol. The number of halogens is 1. The van der Waals surface area contributed by atoms with Gasteiger partial charge in [0.25, 0.3) is 5.91 Å². The second-order valence-corrected chi connectivity index (χ2v) is 14.7. The smallest absolute Gasteiger partial charge is 0.264 e. The molecule has 0 radical (unpaired) electrons. The number of anilines is 1. The lowest BCUT2D eigenvalue weighted by atomic mass is 9.68. The molecule has 0 saturated heterocycles. The van der Waals surface area contributed by atoms with Crippen LogP contribution >= 0.6 is 11.6 Å². The van der Waals surface area contributed by atoms with Crippen LogP contribution in [0.3, 0.4) is 0 Å². The van der Waals surface area contributed by atoms with E-state index in [-0.39, 0.29) is 11.3 Å². The van der Waals surface area contributed by atoms with Crippen LogP contribution in [-0.4, -0.2) is 50.5 Å². The van der Waals surface area contributed by atoms with Crippen LogP contribution in [0, 0.1) is 11.8 Å². The molecule has 1 saturated carbocycles. The average Bonchev–Trinajstić information content (AvgIpc) is 3.07. The topological polar surface area (TPSA) is 95.9 Å². The zero-order chi connectivity index (χ0) is 28.8. The van der Waals surface area contributed by atoms with Gasteiger partial charge in [0.2, 0.25) is 10.0 Å². The van der Waals surface area contributed by atoms with Gasteiger partial charge in [-0.2, -0.15) is 0 Å². The fourth-order valence-corrected chi connectivity index (χ4v) is 8.94. The van der Waals surface area contributed by atoms with Gasteiger partial charge in [-0.15, -0.1) is 0 Å². The zero-order valence-corrected chi connectivity index (χ0v) is 25.1. The molecule has 9 heteroatoms. The predicted molar refractivity (Wildman–Crippen MR) is 161 cm³/mol. The van der Waals surface area contributed by atoms with Gasteiger partial charge in [-0.25, -0.2) is 13.1 Å². The second kappa shape index (κ2) is 11.3. The maximum Gasteiger partial charge on any atom is 0.264 e. The molecule has 0 unspecified atom stereocenters. The molecule has 0 aromatic heterocycles. The van der Waals surface area contributed by atoms with Crippen molar-refractivity contribution >= 4 is 33.2 Å². The molecule has 2 heterocycles. The van der Waals surface area contributed by atoms with E-state index in [2.05, 4.69) is 21.8 Å². The number of hydrogen-bond donors (Lipinski definition) is 2. The molecule has 2 aliphatic carbocycles. The lowest BCUT2D eigenvalue weighted by molar-refractivity contribution is 0.0456. The summed E-state index contributed by atoms with van der Waals surface area (Å²) in [4.78, 5) is 15.6. The number of aliphatic hydroxyl groups is 1. The minimum Gasteiger partial charge on any atom is -0.490 e. The number of nitrogens with zero attached hydrogens (tertiary/aromatic N) is 1. The van der Waals surface area contributed by atoms with Gasteiger partial charge in [-0.3, -0.25) is 4.79 Å². The average molecular weight is 599 g/mol. The Labute approximate surface area is 248 Å². The first-order chi connectivity index (χ1) is 19.7. The number of fused-ring (bicyclic) bond motifs is 4. The van der Waals surface area contributed by atoms with Crippen LogP contribution in [-0.2, 0) is 21.9 Å². The van der Waals surface area contributed by atoms with Crippen molar-refractivity contribution in [1.29, 1.82) is 0 Å². The monoisotopic (exact) mass is 598 g/mol. The highest BCUT2D eigenvalue weighted by Gasteiger charge is 2.44. The van der Waals surface area contributed by atoms with E-state index in [1.807, 2.05) is 25.1 Å². The number of benzene rings is 2. The molecule has 2 aromatic carbocycles. The van der Waals surface area contributed by atoms with Crippen LogP contribution < -0.4 is 14.4 Å². The highest BCUT2D eigenvalue weighted by molar-refractivity contribution is 7.90. The van der Waals surface area contributed by atoms with E-state index >= 15 is 0 Å². The first-order valence-corrected chi connectivity index (χ1v) is 16.8. The first kappa shape index (κ1) is 28.6. The Hall–Kier alpha value is -2.55. The Bertz CT molecular complexity index is 1460. The summed E-state index contributed by atoms with van der Waals surface area (Å²) in [5.74, 6) is 0.492. The van der Waals surface area contributed by atoms with Gasteiger partial charge in [0.1, 0.15) is 5.75 Å². The van der Waals surface area contributed by atoms with Crippen molar-refractivity contribution in [3.8, 4) is 5.75 Å². The number of aliphatic hydroxyl groups excluding tert-OH is 1. The van der Waals surface area contributed by atoms with E-state index in [0.717, 1.165) is 49.4 Å². The molecule has 2 N–H and O–H groups in total. The van der Waals surface area contributed by atoms with Crippen molar-refractivity contribution in [3.63, 3.8) is 0 Å². The van der Waals surface area contributed by atoms with Gasteiger partial charge >= 0.3 is 0 Å². The number of nitrogens with one attached hydrogen (secondary N) is 1. The Balaban J connectivity index is 1.42. The molecule has 2 aliphatic heterocycles. The number of sulfonamides is 1. The lowest BCUT2D eigenvalue weighted by Crippen LogP contribution is -2.49. The minimum atomic E-state index is -3.87. The van der Waals surface area contributed by atoms with Gasteiger partial charge in [0.15, 0.2) is 0 Å².